The van der Waals surface area contributed by atoms with Gasteiger partial charge in [-0.05, 0) is 0 Å². The minimum absolute atomic E-state index is 0.0910. The van der Waals surface area contributed by atoms with Crippen molar-refractivity contribution in [2.75, 3.05) is 0 Å². The molecular formula is C9H16O2Pt. The molecule has 0 aromatic carbocycles. The summed E-state index contributed by atoms with van der Waals surface area (Å²) < 4.78 is -0.246. The van der Waals surface area contributed by atoms with Crippen LogP contribution in [0.2, 0.25) is 19.7 Å². The number of Topliss-reactive ketones (excluding diaryl/α,β-unsaturated/α-hetero) is 2. The van der Waals surface area contributed by atoms with E-state index in [9.17, 15) is 9.59 Å². The van der Waals surface area contributed by atoms with Crippen molar-refractivity contribution in [2.45, 2.75) is 39.5 Å². The Morgan fingerprint density at radius 1 is 1.25 bits per heavy atom. The summed E-state index contributed by atoms with van der Waals surface area (Å²) in [5, 5.41) is 6.59. The van der Waals surface area contributed by atoms with E-state index in [2.05, 4.69) is 15.9 Å². The van der Waals surface area contributed by atoms with Crippen LogP contribution in [-0.4, -0.2) is 11.6 Å². The molecule has 3 heteroatoms. The molecule has 0 N–H and O–H groups in total. The Labute approximate surface area is 76.9 Å². The van der Waals surface area contributed by atoms with E-state index in [4.69, 9.17) is 0 Å². The zero-order valence-corrected chi connectivity index (χ0v) is 10.3. The third-order valence-electron chi connectivity index (χ3n) is 2.57. The van der Waals surface area contributed by atoms with Crippen molar-refractivity contribution >= 4 is 11.6 Å². The molecule has 0 aromatic rings. The number of rotatable bonds is 1. The Hall–Kier alpha value is 0.0283. The molecule has 0 bridgehead atoms. The number of carbonyl (C=O) groups is 2. The van der Waals surface area contributed by atoms with Gasteiger partial charge in [0.1, 0.15) is 0 Å². The van der Waals surface area contributed by atoms with E-state index in [-0.39, 0.29) is 15.4 Å². The van der Waals surface area contributed by atoms with Crippen molar-refractivity contribution in [1.82, 2.24) is 0 Å². The maximum absolute atomic E-state index is 11.6. The Morgan fingerprint density at radius 2 is 1.75 bits per heavy atom. The summed E-state index contributed by atoms with van der Waals surface area (Å²) in [6.07, 6.45) is 1.28. The van der Waals surface area contributed by atoms with Gasteiger partial charge in [-0.2, -0.15) is 0 Å². The van der Waals surface area contributed by atoms with Gasteiger partial charge < -0.3 is 0 Å². The van der Waals surface area contributed by atoms with E-state index < -0.39 is 16.1 Å². The number of ketones is 2. The van der Waals surface area contributed by atoms with Gasteiger partial charge in [0.25, 0.3) is 0 Å². The van der Waals surface area contributed by atoms with Crippen molar-refractivity contribution in [3.63, 3.8) is 0 Å². The average Bonchev–Trinajstić information content (AvgIpc) is 2.16. The van der Waals surface area contributed by atoms with E-state index in [1.165, 1.54) is 0 Å². The third-order valence-corrected chi connectivity index (χ3v) is 11.2. The molecule has 1 atom stereocenters. The second-order valence-corrected chi connectivity index (χ2v) is 16.5. The average molecular weight is 351 g/mol. The van der Waals surface area contributed by atoms with Gasteiger partial charge in [0.15, 0.2) is 0 Å². The van der Waals surface area contributed by atoms with Crippen molar-refractivity contribution < 1.29 is 25.6 Å². The van der Waals surface area contributed by atoms with Gasteiger partial charge in [-0.15, -0.1) is 0 Å². The molecule has 74 valence electrons. The van der Waals surface area contributed by atoms with Crippen LogP contribution in [0.4, 0.5) is 0 Å². The van der Waals surface area contributed by atoms with Crippen LogP contribution in [0, 0.1) is 0 Å². The Balaban J connectivity index is 3.02. The fourth-order valence-electron chi connectivity index (χ4n) is 1.30. The molecule has 1 rings (SSSR count). The van der Waals surface area contributed by atoms with E-state index in [0.29, 0.717) is 6.42 Å². The number of hydrogen-bond donors (Lipinski definition) is 0. The molecule has 1 unspecified atom stereocenters. The molecule has 0 aliphatic heterocycles. The molecule has 0 heterocycles. The molecule has 1 aliphatic rings. The summed E-state index contributed by atoms with van der Waals surface area (Å²) in [5.41, 5.74) is 0. The van der Waals surface area contributed by atoms with Crippen LogP contribution in [0.3, 0.4) is 0 Å². The van der Waals surface area contributed by atoms with Crippen LogP contribution in [0.25, 0.3) is 0 Å². The minimum atomic E-state index is -1.95. The molecule has 12 heavy (non-hydrogen) atoms. The van der Waals surface area contributed by atoms with Gasteiger partial charge >= 0.3 is 76.7 Å². The van der Waals surface area contributed by atoms with Gasteiger partial charge in [-0.25, -0.2) is 0 Å². The fraction of sp³-hybridized carbons (Fsp3) is 0.778. The van der Waals surface area contributed by atoms with Crippen molar-refractivity contribution in [2.24, 2.45) is 0 Å². The SMILES string of the molecule is C[C]1([Pt]([CH3])([CH3])[CH3])CCC(=O)C1=O. The van der Waals surface area contributed by atoms with Crippen LogP contribution in [0.1, 0.15) is 19.8 Å². The summed E-state index contributed by atoms with van der Waals surface area (Å²) >= 11 is -1.95. The topological polar surface area (TPSA) is 34.1 Å². The zero-order valence-electron chi connectivity index (χ0n) is 8.05. The standard InChI is InChI=1S/C6H7O2.3CH3.Pt/c1-4-2-3-5(7)6(4)8;;;;/h2-3H2,1H3;3*1H3;. The van der Waals surface area contributed by atoms with Crippen LogP contribution in [0.15, 0.2) is 0 Å². The molecule has 1 aliphatic carbocycles. The molecule has 0 radical (unpaired) electrons. The summed E-state index contributed by atoms with van der Waals surface area (Å²) in [7, 11) is 0. The fourth-order valence-corrected chi connectivity index (χ4v) is 5.16. The van der Waals surface area contributed by atoms with E-state index >= 15 is 0 Å². The summed E-state index contributed by atoms with van der Waals surface area (Å²) in [6.45, 7) is 1.98. The maximum atomic E-state index is 11.6. The normalized spacial score (nSPS) is 32.7. The molecule has 0 aromatic heterocycles. The second kappa shape index (κ2) is 2.76. The molecular weight excluding hydrogens is 335 g/mol. The number of carbonyl (C=O) groups excluding carboxylic acids is 2. The first-order valence-electron chi connectivity index (χ1n) is 3.72. The monoisotopic (exact) mass is 351 g/mol. The molecule has 1 saturated carbocycles. The summed E-state index contributed by atoms with van der Waals surface area (Å²) in [5.74, 6) is -0.233. The quantitative estimate of drug-likeness (QED) is 0.680. The first kappa shape index (κ1) is 10.1. The van der Waals surface area contributed by atoms with Crippen molar-refractivity contribution in [3.8, 4) is 0 Å². The molecule has 2 nitrogen and oxygen atoms in total. The molecule has 0 amide bonds. The second-order valence-electron chi connectivity index (χ2n) is 3.80. The van der Waals surface area contributed by atoms with Gasteiger partial charge in [-0.1, -0.05) is 0 Å². The summed E-state index contributed by atoms with van der Waals surface area (Å²) in [4.78, 5) is 22.7. The first-order valence-corrected chi connectivity index (χ1v) is 11.7. The number of hydrogen-bond acceptors (Lipinski definition) is 2. The van der Waals surface area contributed by atoms with E-state index in [1.807, 2.05) is 6.92 Å². The van der Waals surface area contributed by atoms with Gasteiger partial charge in [0, 0.05) is 0 Å². The Morgan fingerprint density at radius 3 is 1.92 bits per heavy atom. The van der Waals surface area contributed by atoms with Crippen molar-refractivity contribution in [3.05, 3.63) is 0 Å². The third kappa shape index (κ3) is 1.30. The summed E-state index contributed by atoms with van der Waals surface area (Å²) in [6, 6.07) is 0. The zero-order chi connectivity index (χ0) is 9.57. The first-order chi connectivity index (χ1) is 5.29. The molecule has 1 fully saturated rings. The van der Waals surface area contributed by atoms with Crippen LogP contribution in [0.5, 0.6) is 0 Å². The Kier molecular flexibility index (Phi) is 2.33. The van der Waals surface area contributed by atoms with Crippen LogP contribution < -0.4 is 0 Å². The molecule has 0 saturated heterocycles. The van der Waals surface area contributed by atoms with Crippen molar-refractivity contribution in [1.29, 1.82) is 0 Å². The van der Waals surface area contributed by atoms with Gasteiger partial charge in [-0.3, -0.25) is 0 Å². The van der Waals surface area contributed by atoms with Gasteiger partial charge in [0.2, 0.25) is 0 Å². The van der Waals surface area contributed by atoms with Crippen LogP contribution in [-0.2, 0) is 25.6 Å². The van der Waals surface area contributed by atoms with Gasteiger partial charge in [0.05, 0.1) is 0 Å². The van der Waals surface area contributed by atoms with Crippen LogP contribution >= 0.6 is 0 Å². The van der Waals surface area contributed by atoms with E-state index in [1.54, 1.807) is 0 Å². The Bertz CT molecular complexity index is 239. The predicted octanol–water partition coefficient (Wildman–Crippen LogP) is 2.40. The predicted molar refractivity (Wildman–Crippen MR) is 45.2 cm³/mol. The van der Waals surface area contributed by atoms with E-state index in [0.717, 1.165) is 6.42 Å². The molecule has 0 spiro atoms.